The van der Waals surface area contributed by atoms with Crippen LogP contribution in [0.1, 0.15) is 41.0 Å². The molecule has 1 nitrogen and oxygen atoms in total. The van der Waals surface area contributed by atoms with Crippen molar-refractivity contribution in [1.82, 2.24) is 0 Å². The summed E-state index contributed by atoms with van der Waals surface area (Å²) in [5.41, 5.74) is 4.08. The molecule has 0 saturated carbocycles. The molecule has 0 radical (unpaired) electrons. The van der Waals surface area contributed by atoms with Crippen LogP contribution in [-0.2, 0) is 0 Å². The van der Waals surface area contributed by atoms with Gasteiger partial charge in [0.15, 0.2) is 0 Å². The Kier molecular flexibility index (Phi) is 4.87. The van der Waals surface area contributed by atoms with Gasteiger partial charge in [0, 0.05) is 12.8 Å². The fourth-order valence-corrected chi connectivity index (χ4v) is 1.67. The molecule has 0 N–H and O–H groups in total. The van der Waals surface area contributed by atoms with E-state index in [4.69, 9.17) is 0 Å². The molecule has 12 heavy (non-hydrogen) atoms. The molecule has 0 aromatic carbocycles. The fraction of sp³-hybridized carbons (Fsp3) is 0.727. The highest BCUT2D eigenvalue weighted by molar-refractivity contribution is 6.00. The number of aliphatic imine (C=N–C) groups is 1. The van der Waals surface area contributed by atoms with E-state index in [0.29, 0.717) is 5.92 Å². The highest BCUT2D eigenvalue weighted by atomic mass is 14.7. The van der Waals surface area contributed by atoms with Gasteiger partial charge in [0.25, 0.3) is 0 Å². The van der Waals surface area contributed by atoms with E-state index in [2.05, 4.69) is 39.6 Å². The van der Waals surface area contributed by atoms with Gasteiger partial charge in [-0.05, 0) is 31.8 Å². The molecule has 0 aromatic rings. The summed E-state index contributed by atoms with van der Waals surface area (Å²) in [4.78, 5) is 4.31. The summed E-state index contributed by atoms with van der Waals surface area (Å²) >= 11 is 0. The average Bonchev–Trinajstić information content (AvgIpc) is 1.98. The molecule has 0 amide bonds. The third-order valence-corrected chi connectivity index (χ3v) is 2.03. The Morgan fingerprint density at radius 2 is 1.75 bits per heavy atom. The van der Waals surface area contributed by atoms with Gasteiger partial charge in [-0.15, -0.1) is 0 Å². The Balaban J connectivity index is 4.89. The Bertz CT molecular complexity index is 193. The molecule has 0 rings (SSSR count). The van der Waals surface area contributed by atoms with E-state index in [-0.39, 0.29) is 0 Å². The molecular weight excluding hydrogens is 146 g/mol. The highest BCUT2D eigenvalue weighted by Crippen LogP contribution is 2.17. The second kappa shape index (κ2) is 5.13. The van der Waals surface area contributed by atoms with Crippen LogP contribution >= 0.6 is 0 Å². The molecule has 1 heteroatoms. The summed E-state index contributed by atoms with van der Waals surface area (Å²) in [5.74, 6) is 0.591. The lowest BCUT2D eigenvalue weighted by Crippen LogP contribution is -2.09. The van der Waals surface area contributed by atoms with Gasteiger partial charge in [0.1, 0.15) is 0 Å². The van der Waals surface area contributed by atoms with Crippen molar-refractivity contribution in [2.45, 2.75) is 41.0 Å². The van der Waals surface area contributed by atoms with Crippen molar-refractivity contribution in [3.8, 4) is 0 Å². The van der Waals surface area contributed by atoms with Crippen molar-refractivity contribution in [3.63, 3.8) is 0 Å². The summed E-state index contributed by atoms with van der Waals surface area (Å²) in [7, 11) is 1.88. The van der Waals surface area contributed by atoms with E-state index >= 15 is 0 Å². The zero-order valence-corrected chi connectivity index (χ0v) is 9.23. The molecule has 0 aromatic heterocycles. The lowest BCUT2D eigenvalue weighted by atomic mass is 9.93. The Morgan fingerprint density at radius 1 is 1.25 bits per heavy atom. The molecule has 0 spiro atoms. The molecule has 0 aliphatic heterocycles. The zero-order valence-electron chi connectivity index (χ0n) is 9.23. The molecule has 0 heterocycles. The molecule has 0 fully saturated rings. The monoisotopic (exact) mass is 167 g/mol. The van der Waals surface area contributed by atoms with Crippen molar-refractivity contribution >= 4 is 5.71 Å². The molecule has 0 unspecified atom stereocenters. The Labute approximate surface area is 76.6 Å². The van der Waals surface area contributed by atoms with Crippen LogP contribution < -0.4 is 0 Å². The SMILES string of the molecule is CCC(=NC)C(=C(C)C)C(C)C. The second-order valence-electron chi connectivity index (χ2n) is 3.59. The molecule has 0 saturated heterocycles. The van der Waals surface area contributed by atoms with Crippen molar-refractivity contribution < 1.29 is 0 Å². The second-order valence-corrected chi connectivity index (χ2v) is 3.59. The maximum Gasteiger partial charge on any atom is 0.0376 e. The van der Waals surface area contributed by atoms with Crippen molar-refractivity contribution in [2.75, 3.05) is 7.05 Å². The number of hydrogen-bond donors (Lipinski definition) is 0. The largest absolute Gasteiger partial charge is 0.293 e. The van der Waals surface area contributed by atoms with Gasteiger partial charge < -0.3 is 0 Å². The van der Waals surface area contributed by atoms with Gasteiger partial charge in [-0.25, -0.2) is 0 Å². The van der Waals surface area contributed by atoms with Crippen LogP contribution in [0.4, 0.5) is 0 Å². The van der Waals surface area contributed by atoms with E-state index in [1.807, 2.05) is 7.05 Å². The van der Waals surface area contributed by atoms with E-state index < -0.39 is 0 Å². The van der Waals surface area contributed by atoms with Gasteiger partial charge in [0.05, 0.1) is 0 Å². The van der Waals surface area contributed by atoms with Crippen LogP contribution in [0.25, 0.3) is 0 Å². The van der Waals surface area contributed by atoms with Crippen LogP contribution in [0.5, 0.6) is 0 Å². The van der Waals surface area contributed by atoms with Gasteiger partial charge in [-0.2, -0.15) is 0 Å². The maximum atomic E-state index is 4.31. The average molecular weight is 167 g/mol. The first-order valence-electron chi connectivity index (χ1n) is 4.67. The lowest BCUT2D eigenvalue weighted by Gasteiger charge is -2.14. The third-order valence-electron chi connectivity index (χ3n) is 2.03. The van der Waals surface area contributed by atoms with Crippen molar-refractivity contribution in [2.24, 2.45) is 10.9 Å². The molecule has 0 aliphatic carbocycles. The van der Waals surface area contributed by atoms with Crippen LogP contribution in [-0.4, -0.2) is 12.8 Å². The normalized spacial score (nSPS) is 12.1. The molecule has 0 bridgehead atoms. The van der Waals surface area contributed by atoms with E-state index in [0.717, 1.165) is 6.42 Å². The van der Waals surface area contributed by atoms with Crippen molar-refractivity contribution in [3.05, 3.63) is 11.1 Å². The minimum absolute atomic E-state index is 0.591. The Morgan fingerprint density at radius 3 is 1.83 bits per heavy atom. The lowest BCUT2D eigenvalue weighted by molar-refractivity contribution is 0.786. The maximum absolute atomic E-state index is 4.31. The van der Waals surface area contributed by atoms with Crippen LogP contribution in [0.15, 0.2) is 16.1 Å². The Hall–Kier alpha value is -0.590. The summed E-state index contributed by atoms with van der Waals surface area (Å²) in [6, 6.07) is 0. The van der Waals surface area contributed by atoms with E-state index in [1.54, 1.807) is 0 Å². The van der Waals surface area contributed by atoms with E-state index in [1.165, 1.54) is 16.9 Å². The summed E-state index contributed by atoms with van der Waals surface area (Å²) in [6.45, 7) is 10.9. The minimum Gasteiger partial charge on any atom is -0.293 e. The van der Waals surface area contributed by atoms with Gasteiger partial charge in [0.2, 0.25) is 0 Å². The van der Waals surface area contributed by atoms with Crippen LogP contribution in [0, 0.1) is 5.92 Å². The van der Waals surface area contributed by atoms with Gasteiger partial charge >= 0.3 is 0 Å². The minimum atomic E-state index is 0.591. The van der Waals surface area contributed by atoms with Gasteiger partial charge in [-0.1, -0.05) is 26.3 Å². The summed E-state index contributed by atoms with van der Waals surface area (Å²) < 4.78 is 0. The summed E-state index contributed by atoms with van der Waals surface area (Å²) in [5, 5.41) is 0. The molecule has 70 valence electrons. The van der Waals surface area contributed by atoms with Crippen LogP contribution in [0.3, 0.4) is 0 Å². The number of hydrogen-bond acceptors (Lipinski definition) is 1. The highest BCUT2D eigenvalue weighted by Gasteiger charge is 2.09. The van der Waals surface area contributed by atoms with Crippen molar-refractivity contribution in [1.29, 1.82) is 0 Å². The summed E-state index contributed by atoms with van der Waals surface area (Å²) in [6.07, 6.45) is 1.04. The zero-order chi connectivity index (χ0) is 9.72. The third kappa shape index (κ3) is 2.80. The van der Waals surface area contributed by atoms with Crippen LogP contribution in [0.2, 0.25) is 0 Å². The first-order chi connectivity index (χ1) is 5.54. The predicted octanol–water partition coefficient (Wildman–Crippen LogP) is 3.46. The first-order valence-corrected chi connectivity index (χ1v) is 4.67. The number of allylic oxidation sites excluding steroid dienone is 2. The number of nitrogens with zero attached hydrogens (tertiary/aromatic N) is 1. The smallest absolute Gasteiger partial charge is 0.0376 e. The standard InChI is InChI=1S/C11H21N/c1-7-10(12-6)11(8(2)3)9(4)5/h8H,7H2,1-6H3. The molecule has 0 aliphatic rings. The quantitative estimate of drug-likeness (QED) is 0.571. The van der Waals surface area contributed by atoms with E-state index in [9.17, 15) is 0 Å². The molecule has 0 atom stereocenters. The number of rotatable bonds is 3. The predicted molar refractivity (Wildman–Crippen MR) is 56.9 cm³/mol. The fourth-order valence-electron chi connectivity index (χ4n) is 1.67. The first kappa shape index (κ1) is 11.4. The molecular formula is C11H21N. The van der Waals surface area contributed by atoms with Gasteiger partial charge in [-0.3, -0.25) is 4.99 Å². The topological polar surface area (TPSA) is 12.4 Å².